The molecule has 2 amide bonds. The van der Waals surface area contributed by atoms with Crippen LogP contribution in [0.1, 0.15) is 53.1 Å². The molecule has 0 radical (unpaired) electrons. The summed E-state index contributed by atoms with van der Waals surface area (Å²) in [6, 6.07) is 11.7. The number of nitrogens with one attached hydrogen (secondary N) is 2. The highest BCUT2D eigenvalue weighted by atomic mass is 32.1. The Kier molecular flexibility index (Phi) is 7.09. The molecule has 0 saturated carbocycles. The van der Waals surface area contributed by atoms with Crippen molar-refractivity contribution in [2.45, 2.75) is 39.2 Å². The molecule has 1 atom stereocenters. The summed E-state index contributed by atoms with van der Waals surface area (Å²) in [5.74, 6) is 0.473. The Morgan fingerprint density at radius 3 is 2.57 bits per heavy atom. The maximum absolute atomic E-state index is 12.7. The third-order valence-corrected chi connectivity index (χ3v) is 6.24. The zero-order valence-electron chi connectivity index (χ0n) is 16.6. The number of hydrogen-bond donors (Lipinski definition) is 2. The molecule has 1 aromatic carbocycles. The van der Waals surface area contributed by atoms with Crippen LogP contribution in [0.5, 0.6) is 0 Å². The summed E-state index contributed by atoms with van der Waals surface area (Å²) in [6.07, 6.45) is 2.80. The van der Waals surface area contributed by atoms with Gasteiger partial charge in [-0.15, -0.1) is 11.3 Å². The van der Waals surface area contributed by atoms with E-state index in [1.807, 2.05) is 41.8 Å². The summed E-state index contributed by atoms with van der Waals surface area (Å²) < 4.78 is 0. The fourth-order valence-electron chi connectivity index (χ4n) is 3.38. The zero-order chi connectivity index (χ0) is 19.9. The van der Waals surface area contributed by atoms with Crippen LogP contribution >= 0.6 is 11.3 Å². The minimum Gasteiger partial charge on any atom is -0.371 e. The molecular weight excluding hydrogens is 370 g/mol. The third-order valence-electron chi connectivity index (χ3n) is 5.37. The van der Waals surface area contributed by atoms with Crippen molar-refractivity contribution in [3.05, 3.63) is 52.2 Å². The van der Waals surface area contributed by atoms with Gasteiger partial charge in [0.05, 0.1) is 10.4 Å². The van der Waals surface area contributed by atoms with Gasteiger partial charge in [-0.2, -0.15) is 0 Å². The Morgan fingerprint density at radius 2 is 1.89 bits per heavy atom. The molecule has 28 heavy (non-hydrogen) atoms. The highest BCUT2D eigenvalue weighted by molar-refractivity contribution is 7.12. The van der Waals surface area contributed by atoms with Gasteiger partial charge < -0.3 is 15.5 Å². The molecule has 0 unspecified atom stereocenters. The molecule has 6 heteroatoms. The number of para-hydroxylation sites is 1. The standard InChI is InChI=1S/C22H29N3O2S/c1-3-16(2)15-23-21(26)18-7-4-5-8-19(18)25-12-10-17(11-13-25)24-22(27)20-9-6-14-28-20/h4-9,14,16-17H,3,10-13,15H2,1-2H3,(H,23,26)(H,24,27)/t16-/m0/s1. The lowest BCUT2D eigenvalue weighted by atomic mass is 10.0. The van der Waals surface area contributed by atoms with Crippen molar-refractivity contribution in [3.8, 4) is 0 Å². The lowest BCUT2D eigenvalue weighted by molar-refractivity contribution is 0.0933. The van der Waals surface area contributed by atoms with E-state index in [1.54, 1.807) is 0 Å². The Balaban J connectivity index is 1.58. The van der Waals surface area contributed by atoms with Gasteiger partial charge in [0.25, 0.3) is 11.8 Å². The summed E-state index contributed by atoms with van der Waals surface area (Å²) in [5, 5.41) is 8.11. The summed E-state index contributed by atoms with van der Waals surface area (Å²) >= 11 is 1.46. The highest BCUT2D eigenvalue weighted by Gasteiger charge is 2.24. The molecule has 1 saturated heterocycles. The third kappa shape index (κ3) is 5.13. The van der Waals surface area contributed by atoms with Gasteiger partial charge in [-0.05, 0) is 42.3 Å². The molecule has 150 valence electrons. The second-order valence-electron chi connectivity index (χ2n) is 7.45. The summed E-state index contributed by atoms with van der Waals surface area (Å²) in [7, 11) is 0. The van der Waals surface area contributed by atoms with E-state index < -0.39 is 0 Å². The van der Waals surface area contributed by atoms with Crippen LogP contribution in [0.2, 0.25) is 0 Å². The van der Waals surface area contributed by atoms with Crippen molar-refractivity contribution in [1.29, 1.82) is 0 Å². The van der Waals surface area contributed by atoms with Crippen LogP contribution in [0.25, 0.3) is 0 Å². The van der Waals surface area contributed by atoms with E-state index in [0.29, 0.717) is 12.5 Å². The average Bonchev–Trinajstić information content (AvgIpc) is 3.27. The zero-order valence-corrected chi connectivity index (χ0v) is 17.4. The Labute approximate surface area is 171 Å². The SMILES string of the molecule is CC[C@H](C)CNC(=O)c1ccccc1N1CCC(NC(=O)c2cccs2)CC1. The van der Waals surface area contributed by atoms with Crippen molar-refractivity contribution in [1.82, 2.24) is 10.6 Å². The Morgan fingerprint density at radius 1 is 1.14 bits per heavy atom. The van der Waals surface area contributed by atoms with Gasteiger partial charge in [0.2, 0.25) is 0 Å². The topological polar surface area (TPSA) is 61.4 Å². The molecule has 3 rings (SSSR count). The minimum atomic E-state index is -0.0102. The Bertz CT molecular complexity index is 783. The van der Waals surface area contributed by atoms with Crippen LogP contribution in [0.4, 0.5) is 5.69 Å². The lowest BCUT2D eigenvalue weighted by Crippen LogP contribution is -2.45. The molecule has 1 fully saturated rings. The maximum atomic E-state index is 12.7. The quantitative estimate of drug-likeness (QED) is 0.742. The van der Waals surface area contributed by atoms with Crippen LogP contribution in [0.3, 0.4) is 0 Å². The van der Waals surface area contributed by atoms with E-state index in [-0.39, 0.29) is 17.9 Å². The fourth-order valence-corrected chi connectivity index (χ4v) is 4.00. The fraction of sp³-hybridized carbons (Fsp3) is 0.455. The van der Waals surface area contributed by atoms with Crippen molar-refractivity contribution >= 4 is 28.8 Å². The highest BCUT2D eigenvalue weighted by Crippen LogP contribution is 2.24. The lowest BCUT2D eigenvalue weighted by Gasteiger charge is -2.34. The van der Waals surface area contributed by atoms with E-state index in [9.17, 15) is 9.59 Å². The van der Waals surface area contributed by atoms with E-state index in [1.165, 1.54) is 11.3 Å². The van der Waals surface area contributed by atoms with Gasteiger partial charge in [0, 0.05) is 31.4 Å². The number of benzene rings is 1. The predicted octanol–water partition coefficient (Wildman–Crippen LogP) is 3.92. The summed E-state index contributed by atoms with van der Waals surface area (Å²) in [5.41, 5.74) is 1.71. The van der Waals surface area contributed by atoms with Crippen molar-refractivity contribution in [2.24, 2.45) is 5.92 Å². The molecule has 2 aromatic rings. The minimum absolute atomic E-state index is 0.0102. The van der Waals surface area contributed by atoms with Crippen LogP contribution in [-0.2, 0) is 0 Å². The van der Waals surface area contributed by atoms with Crippen LogP contribution in [-0.4, -0.2) is 37.5 Å². The van der Waals surface area contributed by atoms with E-state index in [0.717, 1.165) is 48.5 Å². The first-order valence-electron chi connectivity index (χ1n) is 10.0. The summed E-state index contributed by atoms with van der Waals surface area (Å²) in [6.45, 7) is 6.62. The number of rotatable bonds is 7. The number of nitrogens with zero attached hydrogens (tertiary/aromatic N) is 1. The summed E-state index contributed by atoms with van der Waals surface area (Å²) in [4.78, 5) is 27.9. The van der Waals surface area contributed by atoms with Gasteiger partial charge in [-0.1, -0.05) is 38.5 Å². The molecule has 0 bridgehead atoms. The molecule has 5 nitrogen and oxygen atoms in total. The maximum Gasteiger partial charge on any atom is 0.261 e. The van der Waals surface area contributed by atoms with Crippen LogP contribution < -0.4 is 15.5 Å². The smallest absolute Gasteiger partial charge is 0.261 e. The second kappa shape index (κ2) is 9.73. The molecule has 1 aliphatic heterocycles. The molecule has 1 aromatic heterocycles. The first-order chi connectivity index (χ1) is 13.6. The van der Waals surface area contributed by atoms with E-state index >= 15 is 0 Å². The normalized spacial score (nSPS) is 15.9. The van der Waals surface area contributed by atoms with Crippen molar-refractivity contribution < 1.29 is 9.59 Å². The average molecular weight is 400 g/mol. The molecule has 2 N–H and O–H groups in total. The van der Waals surface area contributed by atoms with E-state index in [4.69, 9.17) is 0 Å². The Hall–Kier alpha value is -2.34. The van der Waals surface area contributed by atoms with Gasteiger partial charge in [0.15, 0.2) is 0 Å². The first kappa shape index (κ1) is 20.4. The number of hydrogen-bond acceptors (Lipinski definition) is 4. The number of anilines is 1. The van der Waals surface area contributed by atoms with Crippen LogP contribution in [0, 0.1) is 5.92 Å². The molecule has 0 aliphatic carbocycles. The van der Waals surface area contributed by atoms with E-state index in [2.05, 4.69) is 29.4 Å². The number of piperidine rings is 1. The molecule has 1 aliphatic rings. The monoisotopic (exact) mass is 399 g/mol. The largest absolute Gasteiger partial charge is 0.371 e. The van der Waals surface area contributed by atoms with Gasteiger partial charge in [-0.3, -0.25) is 9.59 Å². The van der Waals surface area contributed by atoms with Gasteiger partial charge in [0.1, 0.15) is 0 Å². The number of amides is 2. The van der Waals surface area contributed by atoms with Gasteiger partial charge >= 0.3 is 0 Å². The van der Waals surface area contributed by atoms with Crippen molar-refractivity contribution in [3.63, 3.8) is 0 Å². The second-order valence-corrected chi connectivity index (χ2v) is 8.40. The molecule has 0 spiro atoms. The van der Waals surface area contributed by atoms with Crippen LogP contribution in [0.15, 0.2) is 41.8 Å². The number of carbonyl (C=O) groups excluding carboxylic acids is 2. The number of carbonyl (C=O) groups is 2. The molecule has 2 heterocycles. The van der Waals surface area contributed by atoms with Gasteiger partial charge in [-0.25, -0.2) is 0 Å². The number of thiophene rings is 1. The predicted molar refractivity (Wildman–Crippen MR) is 115 cm³/mol. The first-order valence-corrected chi connectivity index (χ1v) is 10.9. The molecular formula is C22H29N3O2S. The van der Waals surface area contributed by atoms with Crippen molar-refractivity contribution in [2.75, 3.05) is 24.5 Å².